The Bertz CT molecular complexity index is 679. The van der Waals surface area contributed by atoms with E-state index in [2.05, 4.69) is 43.3 Å². The minimum atomic E-state index is 0.652. The molecule has 0 atom stereocenters. The molecule has 0 unspecified atom stereocenters. The van der Waals surface area contributed by atoms with E-state index in [1.807, 2.05) is 12.1 Å². The molecule has 0 aromatic heterocycles. The molecular weight excluding hydrogens is 323 g/mol. The quantitative estimate of drug-likeness (QED) is 0.508. The molecule has 2 aromatic rings. The standard InChI is InChI=1S/C24H29FO/c1-2-18-26-24-15-13-23(14-16-24)22-11-9-21(10-12-22)20-7-5-19(6-8-20)4-3-17-25/h3,9-17,19-20H,2,4-8,18H2,1H3/b17-3+. The van der Waals surface area contributed by atoms with Gasteiger partial charge in [-0.2, -0.15) is 0 Å². The van der Waals surface area contributed by atoms with Crippen LogP contribution in [0.1, 0.15) is 56.9 Å². The van der Waals surface area contributed by atoms with E-state index >= 15 is 0 Å². The normalized spacial score (nSPS) is 20.4. The summed E-state index contributed by atoms with van der Waals surface area (Å²) in [5.74, 6) is 2.25. The molecular formula is C24H29FO. The van der Waals surface area contributed by atoms with Crippen LogP contribution in [0.15, 0.2) is 60.9 Å². The summed E-state index contributed by atoms with van der Waals surface area (Å²) in [5.41, 5.74) is 3.91. The Morgan fingerprint density at radius 3 is 2.12 bits per heavy atom. The topological polar surface area (TPSA) is 9.23 Å². The number of ether oxygens (including phenoxy) is 1. The minimum absolute atomic E-state index is 0.652. The summed E-state index contributed by atoms with van der Waals surface area (Å²) < 4.78 is 17.8. The van der Waals surface area contributed by atoms with Gasteiger partial charge >= 0.3 is 0 Å². The van der Waals surface area contributed by atoms with Crippen LogP contribution in [-0.4, -0.2) is 6.61 Å². The Morgan fingerprint density at radius 1 is 0.923 bits per heavy atom. The Balaban J connectivity index is 1.58. The minimum Gasteiger partial charge on any atom is -0.494 e. The number of rotatable bonds is 7. The molecule has 1 aliphatic carbocycles. The molecule has 0 amide bonds. The first-order chi connectivity index (χ1) is 12.8. The van der Waals surface area contributed by atoms with E-state index in [9.17, 15) is 4.39 Å². The second-order valence-corrected chi connectivity index (χ2v) is 7.31. The summed E-state index contributed by atoms with van der Waals surface area (Å²) in [5, 5.41) is 0. The molecule has 0 radical (unpaired) electrons. The maximum atomic E-state index is 12.2. The van der Waals surface area contributed by atoms with Gasteiger partial charge in [0, 0.05) is 0 Å². The van der Waals surface area contributed by atoms with Gasteiger partial charge in [0.05, 0.1) is 12.9 Å². The van der Waals surface area contributed by atoms with Crippen LogP contribution in [0.3, 0.4) is 0 Å². The molecule has 0 N–H and O–H groups in total. The Hall–Kier alpha value is -2.09. The third-order valence-corrected chi connectivity index (χ3v) is 5.45. The van der Waals surface area contributed by atoms with Crippen LogP contribution in [0, 0.1) is 5.92 Å². The summed E-state index contributed by atoms with van der Waals surface area (Å²) in [7, 11) is 0. The summed E-state index contributed by atoms with van der Waals surface area (Å²) in [6.07, 6.45) is 9.11. The van der Waals surface area contributed by atoms with Crippen LogP contribution in [0.25, 0.3) is 11.1 Å². The highest BCUT2D eigenvalue weighted by Gasteiger charge is 2.21. The Morgan fingerprint density at radius 2 is 1.54 bits per heavy atom. The molecule has 0 spiro atoms. The van der Waals surface area contributed by atoms with Crippen molar-refractivity contribution in [3.05, 3.63) is 66.5 Å². The lowest BCUT2D eigenvalue weighted by Gasteiger charge is -2.28. The van der Waals surface area contributed by atoms with Gasteiger partial charge in [0.2, 0.25) is 0 Å². The van der Waals surface area contributed by atoms with Gasteiger partial charge in [-0.25, -0.2) is 4.39 Å². The average Bonchev–Trinajstić information content (AvgIpc) is 2.72. The molecule has 0 bridgehead atoms. The first-order valence-corrected chi connectivity index (χ1v) is 9.88. The smallest absolute Gasteiger partial charge is 0.119 e. The lowest BCUT2D eigenvalue weighted by Crippen LogP contribution is -2.12. The van der Waals surface area contributed by atoms with Gasteiger partial charge < -0.3 is 4.74 Å². The lowest BCUT2D eigenvalue weighted by molar-refractivity contribution is 0.317. The number of benzene rings is 2. The van der Waals surface area contributed by atoms with Crippen molar-refractivity contribution in [3.8, 4) is 16.9 Å². The molecule has 1 nitrogen and oxygen atoms in total. The van der Waals surface area contributed by atoms with Crippen molar-refractivity contribution in [3.63, 3.8) is 0 Å². The van der Waals surface area contributed by atoms with Crippen LogP contribution < -0.4 is 4.74 Å². The Labute approximate surface area is 156 Å². The van der Waals surface area contributed by atoms with E-state index in [1.165, 1.54) is 42.4 Å². The van der Waals surface area contributed by atoms with Gasteiger partial charge in [-0.15, -0.1) is 0 Å². The zero-order chi connectivity index (χ0) is 18.2. The van der Waals surface area contributed by atoms with Crippen LogP contribution in [0.5, 0.6) is 5.75 Å². The molecule has 0 aliphatic heterocycles. The number of allylic oxidation sites excluding steroid dienone is 1. The van der Waals surface area contributed by atoms with E-state index in [1.54, 1.807) is 6.08 Å². The zero-order valence-electron chi connectivity index (χ0n) is 15.7. The summed E-state index contributed by atoms with van der Waals surface area (Å²) >= 11 is 0. The lowest BCUT2D eigenvalue weighted by atomic mass is 9.77. The van der Waals surface area contributed by atoms with Crippen molar-refractivity contribution in [1.29, 1.82) is 0 Å². The highest BCUT2D eigenvalue weighted by molar-refractivity contribution is 5.64. The molecule has 138 valence electrons. The van der Waals surface area contributed by atoms with Gasteiger partial charge in [-0.1, -0.05) is 49.4 Å². The molecule has 0 saturated heterocycles. The summed E-state index contributed by atoms with van der Waals surface area (Å²) in [4.78, 5) is 0. The fourth-order valence-corrected chi connectivity index (χ4v) is 3.89. The van der Waals surface area contributed by atoms with Crippen molar-refractivity contribution in [2.75, 3.05) is 6.61 Å². The average molecular weight is 352 g/mol. The molecule has 2 heteroatoms. The highest BCUT2D eigenvalue weighted by atomic mass is 19.1. The van der Waals surface area contributed by atoms with Crippen molar-refractivity contribution in [2.24, 2.45) is 5.92 Å². The summed E-state index contributed by atoms with van der Waals surface area (Å²) in [6.45, 7) is 2.88. The van der Waals surface area contributed by atoms with Crippen molar-refractivity contribution in [2.45, 2.75) is 51.4 Å². The van der Waals surface area contributed by atoms with Crippen molar-refractivity contribution < 1.29 is 9.13 Å². The van der Waals surface area contributed by atoms with Crippen LogP contribution in [0.2, 0.25) is 0 Å². The van der Waals surface area contributed by atoms with Gasteiger partial charge in [-0.05, 0) is 79.2 Å². The molecule has 1 fully saturated rings. The molecule has 3 rings (SSSR count). The van der Waals surface area contributed by atoms with E-state index in [0.717, 1.165) is 25.2 Å². The molecule has 1 aliphatic rings. The number of halogens is 1. The third-order valence-electron chi connectivity index (χ3n) is 5.45. The fourth-order valence-electron chi connectivity index (χ4n) is 3.89. The number of hydrogen-bond donors (Lipinski definition) is 0. The monoisotopic (exact) mass is 352 g/mol. The fraction of sp³-hybridized carbons (Fsp3) is 0.417. The van der Waals surface area contributed by atoms with E-state index in [4.69, 9.17) is 4.74 Å². The van der Waals surface area contributed by atoms with E-state index in [0.29, 0.717) is 18.2 Å². The van der Waals surface area contributed by atoms with E-state index < -0.39 is 0 Å². The maximum Gasteiger partial charge on any atom is 0.119 e. The second-order valence-electron chi connectivity index (χ2n) is 7.31. The van der Waals surface area contributed by atoms with Crippen LogP contribution >= 0.6 is 0 Å². The first-order valence-electron chi connectivity index (χ1n) is 9.88. The van der Waals surface area contributed by atoms with E-state index in [-0.39, 0.29) is 0 Å². The third kappa shape index (κ3) is 4.97. The second kappa shape index (κ2) is 9.56. The zero-order valence-corrected chi connectivity index (χ0v) is 15.7. The summed E-state index contributed by atoms with van der Waals surface area (Å²) in [6, 6.07) is 17.4. The SMILES string of the molecule is CCCOc1ccc(-c2ccc(C3CCC(C/C=C/F)CC3)cc2)cc1. The molecule has 2 aromatic carbocycles. The van der Waals surface area contributed by atoms with Crippen molar-refractivity contribution in [1.82, 2.24) is 0 Å². The number of hydrogen-bond acceptors (Lipinski definition) is 1. The molecule has 26 heavy (non-hydrogen) atoms. The van der Waals surface area contributed by atoms with Crippen molar-refractivity contribution >= 4 is 0 Å². The van der Waals surface area contributed by atoms with Gasteiger partial charge in [0.15, 0.2) is 0 Å². The van der Waals surface area contributed by atoms with Gasteiger partial charge in [0.25, 0.3) is 0 Å². The van der Waals surface area contributed by atoms with Gasteiger partial charge in [0.1, 0.15) is 5.75 Å². The molecule has 1 saturated carbocycles. The maximum absolute atomic E-state index is 12.2. The Kier molecular flexibility index (Phi) is 6.88. The predicted octanol–water partition coefficient (Wildman–Crippen LogP) is 7.29. The molecule has 0 heterocycles. The first kappa shape index (κ1) is 18.7. The largest absolute Gasteiger partial charge is 0.494 e. The van der Waals surface area contributed by atoms with Crippen LogP contribution in [0.4, 0.5) is 4.39 Å². The highest BCUT2D eigenvalue weighted by Crippen LogP contribution is 2.37. The van der Waals surface area contributed by atoms with Gasteiger partial charge in [-0.3, -0.25) is 0 Å². The van der Waals surface area contributed by atoms with Crippen LogP contribution in [-0.2, 0) is 0 Å². The predicted molar refractivity (Wildman–Crippen MR) is 107 cm³/mol.